The Labute approximate surface area is 214 Å². The Bertz CT molecular complexity index is 1610. The topological polar surface area (TPSA) is 144 Å². The number of pyridine rings is 1. The number of nitrogens with one attached hydrogen (secondary N) is 2. The quantitative estimate of drug-likeness (QED) is 0.424. The van der Waals surface area contributed by atoms with Crippen LogP contribution in [0.25, 0.3) is 10.9 Å². The predicted octanol–water partition coefficient (Wildman–Crippen LogP) is 3.82. The number of aromatic nitrogens is 1. The lowest BCUT2D eigenvalue weighted by Gasteiger charge is -2.35. The molecule has 0 saturated heterocycles. The Kier molecular flexibility index (Phi) is 5.71. The molecule has 2 heterocycles. The van der Waals surface area contributed by atoms with E-state index in [1.165, 1.54) is 32.4 Å². The molecule has 1 aliphatic carbocycles. The van der Waals surface area contributed by atoms with Crippen molar-refractivity contribution in [3.05, 3.63) is 68.6 Å². The van der Waals surface area contributed by atoms with Crippen LogP contribution in [0.4, 0.5) is 5.69 Å². The van der Waals surface area contributed by atoms with Gasteiger partial charge in [0, 0.05) is 46.5 Å². The number of carbonyl (C=O) groups is 3. The van der Waals surface area contributed by atoms with Crippen molar-refractivity contribution in [2.24, 2.45) is 5.92 Å². The van der Waals surface area contributed by atoms with Crippen molar-refractivity contribution in [3.8, 4) is 17.2 Å². The summed E-state index contributed by atoms with van der Waals surface area (Å²) in [7, 11) is 2.81. The van der Waals surface area contributed by atoms with E-state index in [9.17, 15) is 24.3 Å². The molecule has 2 aromatic carbocycles. The number of aromatic carboxylic acids is 1. The van der Waals surface area contributed by atoms with Crippen molar-refractivity contribution in [3.63, 3.8) is 0 Å². The number of ether oxygens (including phenoxy) is 3. The monoisotopic (exact) mass is 524 g/mol. The van der Waals surface area contributed by atoms with E-state index in [2.05, 4.69) is 10.3 Å². The van der Waals surface area contributed by atoms with Gasteiger partial charge in [0.25, 0.3) is 0 Å². The molecule has 0 bridgehead atoms. The van der Waals surface area contributed by atoms with Gasteiger partial charge >= 0.3 is 5.97 Å². The highest BCUT2D eigenvalue weighted by atomic mass is 35.5. The number of carboxylic acid groups (broad SMARTS) is 1. The molecule has 0 saturated carbocycles. The molecule has 11 heteroatoms. The van der Waals surface area contributed by atoms with Crippen LogP contribution in [0.5, 0.6) is 17.2 Å². The van der Waals surface area contributed by atoms with Gasteiger partial charge in [0.15, 0.2) is 5.75 Å². The van der Waals surface area contributed by atoms with E-state index in [0.717, 1.165) is 6.20 Å². The molecule has 2 aliphatic rings. The standard InChI is InChI=1S/C26H21ClN2O8/c1-11-6-13(29-12-4-5-16-14(7-12)22(31)15(10-28-16)25(33)34)8-19(30)26(11)24(32)20-17(35-2)9-18(36-3)21(27)23(20)37-26/h4-5,7-11,29H,6H2,1-3H3,(H,28,31)(H,33,34)/t11-,26+/m1/s1. The van der Waals surface area contributed by atoms with Crippen molar-refractivity contribution < 1.29 is 33.7 Å². The minimum Gasteiger partial charge on any atom is -0.496 e. The van der Waals surface area contributed by atoms with E-state index < -0.39 is 34.5 Å². The zero-order valence-corrected chi connectivity index (χ0v) is 20.7. The largest absolute Gasteiger partial charge is 0.496 e. The fourth-order valence-electron chi connectivity index (χ4n) is 4.86. The Morgan fingerprint density at radius 3 is 2.57 bits per heavy atom. The van der Waals surface area contributed by atoms with Crippen molar-refractivity contribution in [2.75, 3.05) is 19.5 Å². The van der Waals surface area contributed by atoms with Gasteiger partial charge in [-0.25, -0.2) is 4.79 Å². The van der Waals surface area contributed by atoms with E-state index in [-0.39, 0.29) is 45.2 Å². The van der Waals surface area contributed by atoms with Gasteiger partial charge in [-0.15, -0.1) is 0 Å². The zero-order chi connectivity index (χ0) is 26.6. The molecular weight excluding hydrogens is 504 g/mol. The number of carbonyl (C=O) groups excluding carboxylic acids is 2. The molecular formula is C26H21ClN2O8. The van der Waals surface area contributed by atoms with Crippen LogP contribution in [-0.4, -0.2) is 47.4 Å². The molecule has 0 unspecified atom stereocenters. The van der Waals surface area contributed by atoms with Crippen molar-refractivity contribution in [1.82, 2.24) is 4.98 Å². The van der Waals surface area contributed by atoms with Gasteiger partial charge in [-0.2, -0.15) is 0 Å². The number of fused-ring (bicyclic) bond motifs is 2. The summed E-state index contributed by atoms with van der Waals surface area (Å²) >= 11 is 6.41. The number of ketones is 2. The van der Waals surface area contributed by atoms with Gasteiger partial charge in [0.05, 0.1) is 14.2 Å². The number of hydrogen-bond donors (Lipinski definition) is 3. The number of aromatic amines is 1. The van der Waals surface area contributed by atoms with E-state index in [1.807, 2.05) is 0 Å². The first-order valence-corrected chi connectivity index (χ1v) is 11.6. The highest BCUT2D eigenvalue weighted by molar-refractivity contribution is 6.36. The number of benzene rings is 2. The molecule has 1 aliphatic heterocycles. The first-order chi connectivity index (χ1) is 17.6. The van der Waals surface area contributed by atoms with Crippen LogP contribution in [0.2, 0.25) is 5.02 Å². The lowest BCUT2D eigenvalue weighted by atomic mass is 9.74. The molecule has 10 nitrogen and oxygen atoms in total. The first-order valence-electron chi connectivity index (χ1n) is 11.2. The molecule has 37 heavy (non-hydrogen) atoms. The molecule has 1 spiro atoms. The summed E-state index contributed by atoms with van der Waals surface area (Å²) in [5, 5.41) is 12.6. The fourth-order valence-corrected chi connectivity index (χ4v) is 5.12. The highest BCUT2D eigenvalue weighted by Crippen LogP contribution is 2.53. The number of anilines is 1. The van der Waals surface area contributed by atoms with Gasteiger partial charge in [0.2, 0.25) is 22.6 Å². The second kappa shape index (κ2) is 8.67. The fraction of sp³-hybridized carbons (Fsp3) is 0.231. The normalized spacial score (nSPS) is 20.4. The van der Waals surface area contributed by atoms with Gasteiger partial charge in [-0.05, 0) is 24.6 Å². The van der Waals surface area contributed by atoms with Crippen LogP contribution >= 0.6 is 11.6 Å². The van der Waals surface area contributed by atoms with E-state index in [4.69, 9.17) is 25.8 Å². The number of allylic oxidation sites excluding steroid dienone is 1. The number of Topliss-reactive ketones (excluding diaryl/α,β-unsaturated/α-hetero) is 1. The van der Waals surface area contributed by atoms with E-state index in [0.29, 0.717) is 16.9 Å². The summed E-state index contributed by atoms with van der Waals surface area (Å²) in [6.07, 6.45) is 2.70. The van der Waals surface area contributed by atoms with Crippen molar-refractivity contribution in [1.29, 1.82) is 0 Å². The van der Waals surface area contributed by atoms with Crippen LogP contribution in [0, 0.1) is 5.92 Å². The van der Waals surface area contributed by atoms with Gasteiger partial charge in [-0.3, -0.25) is 14.4 Å². The maximum atomic E-state index is 13.6. The Hall–Kier alpha value is -4.31. The summed E-state index contributed by atoms with van der Waals surface area (Å²) in [4.78, 5) is 53.8. The number of H-pyrrole nitrogens is 1. The molecule has 2 atom stereocenters. The van der Waals surface area contributed by atoms with Crippen LogP contribution in [0.3, 0.4) is 0 Å². The lowest BCUT2D eigenvalue weighted by molar-refractivity contribution is -0.129. The second-order valence-electron chi connectivity index (χ2n) is 8.83. The highest BCUT2D eigenvalue weighted by Gasteiger charge is 2.60. The molecule has 0 amide bonds. The third-order valence-electron chi connectivity index (χ3n) is 6.73. The maximum Gasteiger partial charge on any atom is 0.341 e. The van der Waals surface area contributed by atoms with E-state index >= 15 is 0 Å². The second-order valence-corrected chi connectivity index (χ2v) is 9.20. The van der Waals surface area contributed by atoms with Crippen LogP contribution < -0.4 is 25.0 Å². The number of halogens is 1. The van der Waals surface area contributed by atoms with Gasteiger partial charge in [0.1, 0.15) is 27.6 Å². The third-order valence-corrected chi connectivity index (χ3v) is 7.08. The Morgan fingerprint density at radius 1 is 1.19 bits per heavy atom. The number of hydrogen-bond acceptors (Lipinski definition) is 8. The van der Waals surface area contributed by atoms with Crippen molar-refractivity contribution >= 4 is 45.7 Å². The van der Waals surface area contributed by atoms with Gasteiger partial charge < -0.3 is 29.6 Å². The maximum absolute atomic E-state index is 13.6. The minimum atomic E-state index is -1.81. The van der Waals surface area contributed by atoms with Crippen LogP contribution in [0.1, 0.15) is 34.1 Å². The molecule has 3 N–H and O–H groups in total. The summed E-state index contributed by atoms with van der Waals surface area (Å²) in [5.41, 5.74) is -1.31. The number of carboxylic acids is 1. The number of methoxy groups -OCH3 is 2. The molecule has 190 valence electrons. The molecule has 0 radical (unpaired) electrons. The molecule has 5 rings (SSSR count). The predicted molar refractivity (Wildman–Crippen MR) is 134 cm³/mol. The third kappa shape index (κ3) is 3.55. The van der Waals surface area contributed by atoms with Crippen molar-refractivity contribution in [2.45, 2.75) is 18.9 Å². The lowest BCUT2D eigenvalue weighted by Crippen LogP contribution is -2.55. The average Bonchev–Trinajstić information content (AvgIpc) is 3.18. The molecule has 0 fully saturated rings. The Morgan fingerprint density at radius 2 is 1.92 bits per heavy atom. The van der Waals surface area contributed by atoms with Crippen LogP contribution in [0.15, 0.2) is 47.0 Å². The smallest absolute Gasteiger partial charge is 0.341 e. The van der Waals surface area contributed by atoms with Crippen LogP contribution in [-0.2, 0) is 4.79 Å². The van der Waals surface area contributed by atoms with E-state index in [1.54, 1.807) is 19.1 Å². The summed E-state index contributed by atoms with van der Waals surface area (Å²) in [5.74, 6) is -2.58. The van der Waals surface area contributed by atoms with Gasteiger partial charge in [-0.1, -0.05) is 18.5 Å². The SMILES string of the molecule is COc1cc(OC)c2c(c1Cl)O[C@@]1(C(=O)C=C(Nc3ccc4[nH]cc(C(=O)O)c(=O)c4c3)C[C@H]1C)C2=O. The Balaban J connectivity index is 1.50. The summed E-state index contributed by atoms with van der Waals surface area (Å²) in [6.45, 7) is 1.72. The first kappa shape index (κ1) is 24.4. The molecule has 3 aromatic rings. The number of rotatable bonds is 5. The summed E-state index contributed by atoms with van der Waals surface area (Å²) in [6, 6.07) is 6.29. The minimum absolute atomic E-state index is 0.0378. The zero-order valence-electron chi connectivity index (χ0n) is 19.9. The molecule has 1 aromatic heterocycles. The average molecular weight is 525 g/mol. The summed E-state index contributed by atoms with van der Waals surface area (Å²) < 4.78 is 16.6.